The van der Waals surface area contributed by atoms with Crippen molar-refractivity contribution in [2.45, 2.75) is 19.9 Å². The van der Waals surface area contributed by atoms with Crippen LogP contribution in [0.3, 0.4) is 0 Å². The third kappa shape index (κ3) is 2.18. The molecule has 0 bridgehead atoms. The van der Waals surface area contributed by atoms with Crippen LogP contribution in [0.25, 0.3) is 11.4 Å². The number of aryl methyl sites for hydroxylation is 1. The first-order chi connectivity index (χ1) is 8.74. The second kappa shape index (κ2) is 4.78. The van der Waals surface area contributed by atoms with E-state index in [0.717, 1.165) is 41.2 Å². The topological polar surface area (TPSA) is 37.8 Å². The Morgan fingerprint density at radius 1 is 1.28 bits per heavy atom. The molecule has 0 aliphatic carbocycles. The monoisotopic (exact) mass is 303 g/mol. The van der Waals surface area contributed by atoms with Gasteiger partial charge in [-0.3, -0.25) is 0 Å². The molecule has 0 atom stereocenters. The number of aromatic nitrogens is 2. The van der Waals surface area contributed by atoms with E-state index in [2.05, 4.69) is 51.4 Å². The van der Waals surface area contributed by atoms with E-state index >= 15 is 0 Å². The molecule has 0 radical (unpaired) electrons. The van der Waals surface area contributed by atoms with Crippen molar-refractivity contribution in [2.75, 3.05) is 6.54 Å². The highest BCUT2D eigenvalue weighted by atomic mass is 79.9. The van der Waals surface area contributed by atoms with E-state index in [9.17, 15) is 0 Å². The van der Waals surface area contributed by atoms with Crippen LogP contribution in [0.15, 0.2) is 28.9 Å². The van der Waals surface area contributed by atoms with Crippen LogP contribution in [0, 0.1) is 6.92 Å². The minimum Gasteiger partial charge on any atom is -0.312 e. The molecule has 2 aromatic rings. The summed E-state index contributed by atoms with van der Waals surface area (Å²) in [6.45, 7) is 3.93. The first-order valence-corrected chi connectivity index (χ1v) is 6.86. The third-order valence-corrected chi connectivity index (χ3v) is 3.81. The van der Waals surface area contributed by atoms with Gasteiger partial charge in [0.2, 0.25) is 0 Å². The quantitative estimate of drug-likeness (QED) is 0.823. The molecule has 1 aliphatic heterocycles. The summed E-state index contributed by atoms with van der Waals surface area (Å²) >= 11 is 3.56. The summed E-state index contributed by atoms with van der Waals surface area (Å²) in [7, 11) is 0. The van der Waals surface area contributed by atoms with Crippen molar-refractivity contribution in [3.05, 3.63) is 45.7 Å². The van der Waals surface area contributed by atoms with Gasteiger partial charge in [-0.25, -0.2) is 9.97 Å². The Labute approximate surface area is 115 Å². The highest BCUT2D eigenvalue weighted by molar-refractivity contribution is 9.10. The molecule has 0 amide bonds. The standard InChI is InChI=1S/C14H14BrN3/c1-9-3-2-4-10(7-9)14-17-12-5-6-16-8-11(12)13(15)18-14/h2-4,7,16H,5-6,8H2,1H3. The van der Waals surface area contributed by atoms with Gasteiger partial charge in [0.1, 0.15) is 4.60 Å². The van der Waals surface area contributed by atoms with Crippen molar-refractivity contribution < 1.29 is 0 Å². The van der Waals surface area contributed by atoms with Crippen LogP contribution in [-0.4, -0.2) is 16.5 Å². The number of rotatable bonds is 1. The van der Waals surface area contributed by atoms with Gasteiger partial charge >= 0.3 is 0 Å². The minimum absolute atomic E-state index is 0.811. The van der Waals surface area contributed by atoms with Crippen LogP contribution in [0.1, 0.15) is 16.8 Å². The molecular weight excluding hydrogens is 290 g/mol. The second-order valence-corrected chi connectivity index (χ2v) is 5.31. The van der Waals surface area contributed by atoms with Gasteiger partial charge in [-0.05, 0) is 28.9 Å². The van der Waals surface area contributed by atoms with E-state index in [4.69, 9.17) is 4.98 Å². The molecular formula is C14H14BrN3. The molecule has 0 saturated heterocycles. The van der Waals surface area contributed by atoms with Gasteiger partial charge in [-0.15, -0.1) is 0 Å². The Morgan fingerprint density at radius 2 is 2.17 bits per heavy atom. The van der Waals surface area contributed by atoms with Gasteiger partial charge < -0.3 is 5.32 Å². The number of nitrogens with zero attached hydrogens (tertiary/aromatic N) is 2. The lowest BCUT2D eigenvalue weighted by molar-refractivity contribution is 0.623. The van der Waals surface area contributed by atoms with Gasteiger partial charge in [0.05, 0.1) is 5.69 Å². The molecule has 0 saturated carbocycles. The number of halogens is 1. The molecule has 3 rings (SSSR count). The van der Waals surface area contributed by atoms with Crippen molar-refractivity contribution in [3.8, 4) is 11.4 Å². The van der Waals surface area contributed by atoms with Crippen LogP contribution in [-0.2, 0) is 13.0 Å². The Hall–Kier alpha value is -1.26. The summed E-state index contributed by atoms with van der Waals surface area (Å²) in [5, 5.41) is 3.34. The van der Waals surface area contributed by atoms with Gasteiger partial charge in [0.25, 0.3) is 0 Å². The molecule has 0 unspecified atom stereocenters. The second-order valence-electron chi connectivity index (χ2n) is 4.56. The highest BCUT2D eigenvalue weighted by Crippen LogP contribution is 2.25. The molecule has 4 heteroatoms. The predicted molar refractivity (Wildman–Crippen MR) is 75.3 cm³/mol. The highest BCUT2D eigenvalue weighted by Gasteiger charge is 2.16. The van der Waals surface area contributed by atoms with E-state index < -0.39 is 0 Å². The smallest absolute Gasteiger partial charge is 0.160 e. The first-order valence-electron chi connectivity index (χ1n) is 6.07. The average molecular weight is 304 g/mol. The van der Waals surface area contributed by atoms with E-state index in [1.54, 1.807) is 0 Å². The molecule has 1 aliphatic rings. The third-order valence-electron chi connectivity index (χ3n) is 3.16. The van der Waals surface area contributed by atoms with Crippen LogP contribution in [0.2, 0.25) is 0 Å². The molecule has 18 heavy (non-hydrogen) atoms. The molecule has 92 valence electrons. The lowest BCUT2D eigenvalue weighted by Crippen LogP contribution is -2.25. The molecule has 3 nitrogen and oxygen atoms in total. The maximum atomic E-state index is 4.70. The van der Waals surface area contributed by atoms with E-state index in [-0.39, 0.29) is 0 Å². The number of nitrogens with one attached hydrogen (secondary N) is 1. The number of hydrogen-bond acceptors (Lipinski definition) is 3. The van der Waals surface area contributed by atoms with Gasteiger partial charge in [0, 0.05) is 30.6 Å². The van der Waals surface area contributed by atoms with Crippen molar-refractivity contribution in [1.29, 1.82) is 0 Å². The SMILES string of the molecule is Cc1cccc(-c2nc(Br)c3c(n2)CCNC3)c1. The van der Waals surface area contributed by atoms with Crippen molar-refractivity contribution in [2.24, 2.45) is 0 Å². The fourth-order valence-corrected chi connectivity index (χ4v) is 2.75. The maximum Gasteiger partial charge on any atom is 0.160 e. The first kappa shape index (κ1) is 11.8. The lowest BCUT2D eigenvalue weighted by atomic mass is 10.1. The molecule has 1 N–H and O–H groups in total. The van der Waals surface area contributed by atoms with Crippen molar-refractivity contribution >= 4 is 15.9 Å². The normalized spacial score (nSPS) is 14.3. The predicted octanol–water partition coefficient (Wildman–Crippen LogP) is 2.86. The van der Waals surface area contributed by atoms with Crippen LogP contribution in [0.4, 0.5) is 0 Å². The molecule has 0 spiro atoms. The Balaban J connectivity index is 2.11. The summed E-state index contributed by atoms with van der Waals surface area (Å²) in [6, 6.07) is 8.31. The van der Waals surface area contributed by atoms with Crippen LogP contribution < -0.4 is 5.32 Å². The van der Waals surface area contributed by atoms with Gasteiger partial charge in [0.15, 0.2) is 5.82 Å². The molecule has 1 aromatic carbocycles. The fourth-order valence-electron chi connectivity index (χ4n) is 2.22. The summed E-state index contributed by atoms with van der Waals surface area (Å²) in [4.78, 5) is 9.27. The maximum absolute atomic E-state index is 4.70. The molecule has 0 fully saturated rings. The van der Waals surface area contributed by atoms with E-state index in [1.807, 2.05) is 6.07 Å². The Bertz CT molecular complexity index is 596. The fraction of sp³-hybridized carbons (Fsp3) is 0.286. The van der Waals surface area contributed by atoms with Crippen LogP contribution in [0.5, 0.6) is 0 Å². The van der Waals surface area contributed by atoms with E-state index in [0.29, 0.717) is 0 Å². The van der Waals surface area contributed by atoms with Gasteiger partial charge in [-0.1, -0.05) is 23.8 Å². The summed E-state index contributed by atoms with van der Waals surface area (Å²) in [5.41, 5.74) is 4.66. The number of fused-ring (bicyclic) bond motifs is 1. The summed E-state index contributed by atoms with van der Waals surface area (Å²) in [6.07, 6.45) is 0.968. The number of hydrogen-bond donors (Lipinski definition) is 1. The number of benzene rings is 1. The van der Waals surface area contributed by atoms with Crippen LogP contribution >= 0.6 is 15.9 Å². The zero-order chi connectivity index (χ0) is 12.5. The zero-order valence-corrected chi connectivity index (χ0v) is 11.8. The van der Waals surface area contributed by atoms with Crippen molar-refractivity contribution in [3.63, 3.8) is 0 Å². The molecule has 2 heterocycles. The largest absolute Gasteiger partial charge is 0.312 e. The summed E-state index contributed by atoms with van der Waals surface area (Å²) in [5.74, 6) is 0.811. The minimum atomic E-state index is 0.811. The molecule has 1 aromatic heterocycles. The van der Waals surface area contributed by atoms with E-state index in [1.165, 1.54) is 11.1 Å². The van der Waals surface area contributed by atoms with Gasteiger partial charge in [-0.2, -0.15) is 0 Å². The average Bonchev–Trinajstić information content (AvgIpc) is 2.39. The zero-order valence-electron chi connectivity index (χ0n) is 10.2. The Morgan fingerprint density at radius 3 is 3.00 bits per heavy atom. The van der Waals surface area contributed by atoms with Crippen molar-refractivity contribution in [1.82, 2.24) is 15.3 Å². The summed E-state index contributed by atoms with van der Waals surface area (Å²) < 4.78 is 0.913. The lowest BCUT2D eigenvalue weighted by Gasteiger charge is -2.18. The Kier molecular flexibility index (Phi) is 3.14.